The van der Waals surface area contributed by atoms with Crippen LogP contribution in [0.3, 0.4) is 0 Å². The lowest BCUT2D eigenvalue weighted by Crippen LogP contribution is -2.12. The molecule has 1 amide bonds. The first-order chi connectivity index (χ1) is 9.47. The topological polar surface area (TPSA) is 72.2 Å². The third-order valence-corrected chi connectivity index (χ3v) is 2.71. The summed E-state index contributed by atoms with van der Waals surface area (Å²) in [5, 5.41) is 13.1. The number of nitrogens with one attached hydrogen (secondary N) is 1. The molecule has 0 saturated heterocycles. The van der Waals surface area contributed by atoms with E-state index in [0.29, 0.717) is 5.56 Å². The van der Waals surface area contributed by atoms with Gasteiger partial charge in [-0.05, 0) is 31.2 Å². The first-order valence-electron chi connectivity index (χ1n) is 5.79. The molecule has 0 radical (unpaired) electrons. The van der Waals surface area contributed by atoms with E-state index >= 15 is 0 Å². The van der Waals surface area contributed by atoms with Crippen molar-refractivity contribution < 1.29 is 14.1 Å². The van der Waals surface area contributed by atoms with Crippen molar-refractivity contribution >= 4 is 17.3 Å². The summed E-state index contributed by atoms with van der Waals surface area (Å²) >= 11 is 0. The van der Waals surface area contributed by atoms with Crippen LogP contribution in [-0.4, -0.2) is 10.8 Å². The number of anilines is 1. The van der Waals surface area contributed by atoms with Crippen molar-refractivity contribution in [2.24, 2.45) is 0 Å². The van der Waals surface area contributed by atoms with Crippen molar-refractivity contribution in [3.8, 4) is 0 Å². The molecule has 0 bridgehead atoms. The molecular formula is C14H11FN2O3. The average molecular weight is 274 g/mol. The Bertz CT molecular complexity index is 669. The van der Waals surface area contributed by atoms with Crippen LogP contribution in [0.5, 0.6) is 0 Å². The van der Waals surface area contributed by atoms with Crippen LogP contribution in [0, 0.1) is 22.9 Å². The van der Waals surface area contributed by atoms with Crippen molar-refractivity contribution in [3.63, 3.8) is 0 Å². The van der Waals surface area contributed by atoms with Gasteiger partial charge in [0.15, 0.2) is 0 Å². The van der Waals surface area contributed by atoms with E-state index in [9.17, 15) is 19.3 Å². The molecule has 2 aromatic carbocycles. The minimum absolute atomic E-state index is 0.170. The molecule has 2 rings (SSSR count). The fraction of sp³-hybridized carbons (Fsp3) is 0.0714. The molecule has 6 heteroatoms. The number of nitrogens with zero attached hydrogens (tertiary/aromatic N) is 1. The fourth-order valence-corrected chi connectivity index (χ4v) is 1.64. The van der Waals surface area contributed by atoms with Gasteiger partial charge >= 0.3 is 5.69 Å². The Kier molecular flexibility index (Phi) is 3.74. The molecule has 0 spiro atoms. The minimum Gasteiger partial charge on any atom is -0.322 e. The molecular weight excluding hydrogens is 263 g/mol. The Morgan fingerprint density at radius 1 is 1.20 bits per heavy atom. The highest BCUT2D eigenvalue weighted by Gasteiger charge is 2.15. The molecule has 2 aromatic rings. The zero-order chi connectivity index (χ0) is 14.7. The third-order valence-electron chi connectivity index (χ3n) is 2.71. The maximum atomic E-state index is 13.2. The van der Waals surface area contributed by atoms with E-state index in [-0.39, 0.29) is 5.69 Å². The molecule has 102 valence electrons. The predicted molar refractivity (Wildman–Crippen MR) is 72.2 cm³/mol. The summed E-state index contributed by atoms with van der Waals surface area (Å²) in [6.45, 7) is 1.89. The van der Waals surface area contributed by atoms with Gasteiger partial charge in [0.2, 0.25) is 5.82 Å². The predicted octanol–water partition coefficient (Wildman–Crippen LogP) is 3.29. The number of hydrogen-bond acceptors (Lipinski definition) is 3. The van der Waals surface area contributed by atoms with Gasteiger partial charge in [0.05, 0.1) is 4.92 Å². The molecule has 0 heterocycles. The number of nitro groups is 1. The summed E-state index contributed by atoms with van der Waals surface area (Å²) in [5.74, 6) is -1.35. The summed E-state index contributed by atoms with van der Waals surface area (Å²) in [6.07, 6.45) is 0. The van der Waals surface area contributed by atoms with E-state index in [2.05, 4.69) is 5.32 Å². The number of carbonyl (C=O) groups excluding carboxylic acids is 1. The van der Waals surface area contributed by atoms with E-state index < -0.39 is 22.3 Å². The number of carbonyl (C=O) groups is 1. The lowest BCUT2D eigenvalue weighted by molar-refractivity contribution is -0.387. The van der Waals surface area contributed by atoms with E-state index in [4.69, 9.17) is 0 Å². The molecule has 1 N–H and O–H groups in total. The van der Waals surface area contributed by atoms with Crippen molar-refractivity contribution in [1.29, 1.82) is 0 Å². The van der Waals surface area contributed by atoms with E-state index in [1.807, 2.05) is 6.92 Å². The molecule has 0 atom stereocenters. The van der Waals surface area contributed by atoms with E-state index in [0.717, 1.165) is 17.7 Å². The largest absolute Gasteiger partial charge is 0.322 e. The van der Waals surface area contributed by atoms with Gasteiger partial charge in [0.25, 0.3) is 5.91 Å². The highest BCUT2D eigenvalue weighted by atomic mass is 19.1. The Labute approximate surface area is 114 Å². The smallest absolute Gasteiger partial charge is 0.306 e. The molecule has 0 aliphatic rings. The number of aryl methyl sites for hydroxylation is 1. The lowest BCUT2D eigenvalue weighted by Gasteiger charge is -2.05. The van der Waals surface area contributed by atoms with Crippen molar-refractivity contribution in [3.05, 3.63) is 69.5 Å². The molecule has 5 nitrogen and oxygen atoms in total. The van der Waals surface area contributed by atoms with Crippen LogP contribution < -0.4 is 5.32 Å². The van der Waals surface area contributed by atoms with Crippen LogP contribution in [0.2, 0.25) is 0 Å². The Morgan fingerprint density at radius 3 is 2.45 bits per heavy atom. The van der Waals surface area contributed by atoms with Gasteiger partial charge in [0, 0.05) is 17.3 Å². The highest BCUT2D eigenvalue weighted by Crippen LogP contribution is 2.22. The summed E-state index contributed by atoms with van der Waals surface area (Å²) < 4.78 is 13.2. The molecule has 0 aliphatic heterocycles. The number of hydrogen-bond donors (Lipinski definition) is 1. The van der Waals surface area contributed by atoms with Gasteiger partial charge in [-0.25, -0.2) is 0 Å². The molecule has 0 aliphatic carbocycles. The van der Waals surface area contributed by atoms with Gasteiger partial charge < -0.3 is 5.32 Å². The van der Waals surface area contributed by atoms with Crippen LogP contribution >= 0.6 is 0 Å². The second-order valence-electron chi connectivity index (χ2n) is 4.24. The molecule has 0 unspecified atom stereocenters. The maximum Gasteiger partial charge on any atom is 0.306 e. The Balaban J connectivity index is 2.21. The van der Waals surface area contributed by atoms with Crippen LogP contribution in [0.15, 0.2) is 42.5 Å². The number of rotatable bonds is 3. The van der Waals surface area contributed by atoms with E-state index in [1.165, 1.54) is 6.07 Å². The standard InChI is InChI=1S/C14H11FN2O3/c1-9-2-4-10(5-3-9)14(18)16-11-6-7-12(15)13(8-11)17(19)20/h2-8H,1H3,(H,16,18). The van der Waals surface area contributed by atoms with Gasteiger partial charge in [-0.2, -0.15) is 4.39 Å². The second-order valence-corrected chi connectivity index (χ2v) is 4.24. The minimum atomic E-state index is -0.941. The van der Waals surface area contributed by atoms with Gasteiger partial charge in [-0.1, -0.05) is 17.7 Å². The fourth-order valence-electron chi connectivity index (χ4n) is 1.64. The van der Waals surface area contributed by atoms with Crippen molar-refractivity contribution in [2.75, 3.05) is 5.32 Å². The van der Waals surface area contributed by atoms with E-state index in [1.54, 1.807) is 24.3 Å². The third kappa shape index (κ3) is 2.97. The summed E-state index contributed by atoms with van der Waals surface area (Å²) in [7, 11) is 0. The van der Waals surface area contributed by atoms with Gasteiger partial charge in [-0.15, -0.1) is 0 Å². The zero-order valence-electron chi connectivity index (χ0n) is 10.6. The Hall–Kier alpha value is -2.76. The average Bonchev–Trinajstić information content (AvgIpc) is 2.41. The first-order valence-corrected chi connectivity index (χ1v) is 5.79. The van der Waals surface area contributed by atoms with Gasteiger partial charge in [-0.3, -0.25) is 14.9 Å². The molecule has 20 heavy (non-hydrogen) atoms. The number of amides is 1. The second kappa shape index (κ2) is 5.48. The SMILES string of the molecule is Cc1ccc(C(=O)Nc2ccc(F)c([N+](=O)[O-])c2)cc1. The first kappa shape index (κ1) is 13.7. The molecule has 0 fully saturated rings. The monoisotopic (exact) mass is 274 g/mol. The lowest BCUT2D eigenvalue weighted by atomic mass is 10.1. The maximum absolute atomic E-state index is 13.2. The summed E-state index contributed by atoms with van der Waals surface area (Å²) in [6, 6.07) is 10.0. The number of benzene rings is 2. The number of nitro benzene ring substituents is 1. The van der Waals surface area contributed by atoms with Crippen LogP contribution in [0.4, 0.5) is 15.8 Å². The van der Waals surface area contributed by atoms with Crippen LogP contribution in [0.1, 0.15) is 15.9 Å². The number of halogens is 1. The van der Waals surface area contributed by atoms with Crippen molar-refractivity contribution in [1.82, 2.24) is 0 Å². The Morgan fingerprint density at radius 2 is 1.85 bits per heavy atom. The van der Waals surface area contributed by atoms with Crippen molar-refractivity contribution in [2.45, 2.75) is 6.92 Å². The zero-order valence-corrected chi connectivity index (χ0v) is 10.6. The molecule has 0 saturated carbocycles. The van der Waals surface area contributed by atoms with Gasteiger partial charge in [0.1, 0.15) is 0 Å². The summed E-state index contributed by atoms with van der Waals surface area (Å²) in [4.78, 5) is 21.7. The molecule has 0 aromatic heterocycles. The van der Waals surface area contributed by atoms with Crippen LogP contribution in [0.25, 0.3) is 0 Å². The summed E-state index contributed by atoms with van der Waals surface area (Å²) in [5.41, 5.74) is 0.928. The quantitative estimate of drug-likeness (QED) is 0.689. The van der Waals surface area contributed by atoms with Crippen LogP contribution in [-0.2, 0) is 0 Å². The highest BCUT2D eigenvalue weighted by molar-refractivity contribution is 6.04. The normalized spacial score (nSPS) is 10.1.